The van der Waals surface area contributed by atoms with Gasteiger partial charge in [0.05, 0.1) is 5.69 Å². The molecule has 0 aliphatic carbocycles. The lowest BCUT2D eigenvalue weighted by Gasteiger charge is -2.10. The Hall–Kier alpha value is -2.20. The zero-order valence-electron chi connectivity index (χ0n) is 9.35. The van der Waals surface area contributed by atoms with Crippen molar-refractivity contribution < 1.29 is 9.90 Å². The van der Waals surface area contributed by atoms with Crippen LogP contribution in [-0.4, -0.2) is 11.1 Å². The van der Waals surface area contributed by atoms with Crippen LogP contribution in [0.4, 0.5) is 10.5 Å². The minimum absolute atomic E-state index is 0.0972. The molecule has 4 N–H and O–H groups in total. The largest absolute Gasteiger partial charge is 0.508 e. The molecule has 0 aromatic heterocycles. The summed E-state index contributed by atoms with van der Waals surface area (Å²) in [5.41, 5.74) is 7.05. The number of phenolic OH excluding ortho intramolecular Hbond substituents is 1. The van der Waals surface area contributed by atoms with Crippen molar-refractivity contribution in [1.82, 2.24) is 0 Å². The van der Waals surface area contributed by atoms with Crippen molar-refractivity contribution in [3.63, 3.8) is 0 Å². The molecule has 2 amide bonds. The van der Waals surface area contributed by atoms with Crippen molar-refractivity contribution in [2.45, 2.75) is 0 Å². The molecule has 0 heterocycles. The Kier molecular flexibility index (Phi) is 3.39. The molecular weight excluding hydrogens is 252 g/mol. The van der Waals surface area contributed by atoms with Gasteiger partial charge in [-0.05, 0) is 35.9 Å². The van der Waals surface area contributed by atoms with E-state index < -0.39 is 6.03 Å². The molecule has 2 rings (SSSR count). The quantitative estimate of drug-likeness (QED) is 0.727. The number of amides is 2. The van der Waals surface area contributed by atoms with Gasteiger partial charge in [-0.1, -0.05) is 23.7 Å². The highest BCUT2D eigenvalue weighted by Gasteiger charge is 2.08. The highest BCUT2D eigenvalue weighted by atomic mass is 35.5. The fourth-order valence-corrected chi connectivity index (χ4v) is 1.86. The number of benzene rings is 2. The van der Waals surface area contributed by atoms with Gasteiger partial charge in [0, 0.05) is 10.6 Å². The average Bonchev–Trinajstić information content (AvgIpc) is 2.31. The second-order valence-corrected chi connectivity index (χ2v) is 4.17. The SMILES string of the molecule is NC(=O)Nc1ccc(O)cc1-c1cccc(Cl)c1. The van der Waals surface area contributed by atoms with E-state index in [0.717, 1.165) is 5.56 Å². The lowest BCUT2D eigenvalue weighted by molar-refractivity contribution is 0.259. The van der Waals surface area contributed by atoms with Crippen molar-refractivity contribution in [3.05, 3.63) is 47.5 Å². The maximum Gasteiger partial charge on any atom is 0.316 e. The maximum atomic E-state index is 10.9. The van der Waals surface area contributed by atoms with Gasteiger partial charge in [-0.15, -0.1) is 0 Å². The summed E-state index contributed by atoms with van der Waals surface area (Å²) in [5.74, 6) is 0.0972. The number of nitrogens with two attached hydrogens (primary N) is 1. The molecule has 0 saturated carbocycles. The molecule has 0 fully saturated rings. The minimum Gasteiger partial charge on any atom is -0.508 e. The molecular formula is C13H11ClN2O2. The first-order valence-electron chi connectivity index (χ1n) is 5.21. The van der Waals surface area contributed by atoms with E-state index in [1.165, 1.54) is 12.1 Å². The predicted octanol–water partition coefficient (Wildman–Crippen LogP) is 3.20. The summed E-state index contributed by atoms with van der Waals surface area (Å²) < 4.78 is 0. The van der Waals surface area contributed by atoms with Gasteiger partial charge in [0.15, 0.2) is 0 Å². The highest BCUT2D eigenvalue weighted by molar-refractivity contribution is 6.30. The highest BCUT2D eigenvalue weighted by Crippen LogP contribution is 2.32. The Bertz CT molecular complexity index is 599. The second kappa shape index (κ2) is 4.98. The fourth-order valence-electron chi connectivity index (χ4n) is 1.67. The van der Waals surface area contributed by atoms with Crippen LogP contribution in [0.3, 0.4) is 0 Å². The topological polar surface area (TPSA) is 75.4 Å². The van der Waals surface area contributed by atoms with E-state index in [0.29, 0.717) is 16.3 Å². The minimum atomic E-state index is -0.663. The van der Waals surface area contributed by atoms with Gasteiger partial charge < -0.3 is 16.2 Å². The molecule has 0 radical (unpaired) electrons. The van der Waals surface area contributed by atoms with E-state index in [1.54, 1.807) is 24.3 Å². The van der Waals surface area contributed by atoms with E-state index in [9.17, 15) is 9.90 Å². The third kappa shape index (κ3) is 2.73. The summed E-state index contributed by atoms with van der Waals surface area (Å²) in [6.07, 6.45) is 0. The van der Waals surface area contributed by atoms with Crippen LogP contribution in [0.5, 0.6) is 5.75 Å². The van der Waals surface area contributed by atoms with E-state index in [-0.39, 0.29) is 5.75 Å². The number of nitrogens with one attached hydrogen (secondary N) is 1. The number of urea groups is 1. The van der Waals surface area contributed by atoms with Crippen molar-refractivity contribution in [3.8, 4) is 16.9 Å². The number of rotatable bonds is 2. The van der Waals surface area contributed by atoms with Gasteiger partial charge in [-0.2, -0.15) is 0 Å². The number of halogens is 1. The van der Waals surface area contributed by atoms with Crippen LogP contribution in [0, 0.1) is 0 Å². The molecule has 18 heavy (non-hydrogen) atoms. The molecule has 4 nitrogen and oxygen atoms in total. The normalized spacial score (nSPS) is 10.1. The molecule has 0 aliphatic heterocycles. The average molecular weight is 263 g/mol. The molecule has 2 aromatic carbocycles. The summed E-state index contributed by atoms with van der Waals surface area (Å²) in [4.78, 5) is 10.9. The summed E-state index contributed by atoms with van der Waals surface area (Å²) in [7, 11) is 0. The summed E-state index contributed by atoms with van der Waals surface area (Å²) in [6.45, 7) is 0. The Morgan fingerprint density at radius 2 is 2.00 bits per heavy atom. The van der Waals surface area contributed by atoms with Gasteiger partial charge >= 0.3 is 6.03 Å². The Labute approximate surface area is 109 Å². The van der Waals surface area contributed by atoms with Crippen LogP contribution in [0.25, 0.3) is 11.1 Å². The zero-order chi connectivity index (χ0) is 13.1. The van der Waals surface area contributed by atoms with Gasteiger partial charge in [0.2, 0.25) is 0 Å². The van der Waals surface area contributed by atoms with Gasteiger partial charge in [0.25, 0.3) is 0 Å². The van der Waals surface area contributed by atoms with E-state index in [1.807, 2.05) is 6.07 Å². The van der Waals surface area contributed by atoms with Crippen LogP contribution in [0.2, 0.25) is 5.02 Å². The molecule has 5 heteroatoms. The maximum absolute atomic E-state index is 10.9. The summed E-state index contributed by atoms with van der Waals surface area (Å²) in [5, 5.41) is 12.6. The molecule has 0 bridgehead atoms. The lowest BCUT2D eigenvalue weighted by Crippen LogP contribution is -2.19. The van der Waals surface area contributed by atoms with Crippen molar-refractivity contribution in [2.24, 2.45) is 5.73 Å². The van der Waals surface area contributed by atoms with Crippen molar-refractivity contribution >= 4 is 23.3 Å². The summed E-state index contributed by atoms with van der Waals surface area (Å²) >= 11 is 5.92. The first kappa shape index (κ1) is 12.3. The zero-order valence-corrected chi connectivity index (χ0v) is 10.1. The standard InChI is InChI=1S/C13H11ClN2O2/c14-9-3-1-2-8(6-9)11-7-10(17)4-5-12(11)16-13(15)18/h1-7,17H,(H3,15,16,18). The number of carbonyl (C=O) groups is 1. The number of hydrogen-bond donors (Lipinski definition) is 3. The van der Waals surface area contributed by atoms with Crippen LogP contribution < -0.4 is 11.1 Å². The van der Waals surface area contributed by atoms with E-state index in [4.69, 9.17) is 17.3 Å². The number of primary amides is 1. The summed E-state index contributed by atoms with van der Waals surface area (Å²) in [6, 6.07) is 11.0. The number of aromatic hydroxyl groups is 1. The van der Waals surface area contributed by atoms with Crippen molar-refractivity contribution in [1.29, 1.82) is 0 Å². The fraction of sp³-hybridized carbons (Fsp3) is 0. The molecule has 0 saturated heterocycles. The molecule has 92 valence electrons. The number of carbonyl (C=O) groups excluding carboxylic acids is 1. The number of phenols is 1. The molecule has 0 atom stereocenters. The Morgan fingerprint density at radius 3 is 2.67 bits per heavy atom. The monoisotopic (exact) mass is 262 g/mol. The Morgan fingerprint density at radius 1 is 1.22 bits per heavy atom. The predicted molar refractivity (Wildman–Crippen MR) is 71.8 cm³/mol. The molecule has 0 unspecified atom stereocenters. The van der Waals surface area contributed by atoms with E-state index >= 15 is 0 Å². The third-order valence-electron chi connectivity index (χ3n) is 2.40. The smallest absolute Gasteiger partial charge is 0.316 e. The van der Waals surface area contributed by atoms with Crippen LogP contribution >= 0.6 is 11.6 Å². The first-order chi connectivity index (χ1) is 8.56. The number of anilines is 1. The number of hydrogen-bond acceptors (Lipinski definition) is 2. The Balaban J connectivity index is 2.54. The van der Waals surface area contributed by atoms with Crippen LogP contribution in [0.15, 0.2) is 42.5 Å². The molecule has 0 aliphatic rings. The van der Waals surface area contributed by atoms with Gasteiger partial charge in [0.1, 0.15) is 5.75 Å². The van der Waals surface area contributed by atoms with E-state index in [2.05, 4.69) is 5.32 Å². The molecule has 2 aromatic rings. The first-order valence-corrected chi connectivity index (χ1v) is 5.59. The van der Waals surface area contributed by atoms with Crippen LogP contribution in [-0.2, 0) is 0 Å². The third-order valence-corrected chi connectivity index (χ3v) is 2.63. The molecule has 0 spiro atoms. The van der Waals surface area contributed by atoms with Gasteiger partial charge in [-0.3, -0.25) is 0 Å². The lowest BCUT2D eigenvalue weighted by atomic mass is 10.0. The second-order valence-electron chi connectivity index (χ2n) is 3.73. The van der Waals surface area contributed by atoms with Crippen LogP contribution in [0.1, 0.15) is 0 Å². The van der Waals surface area contributed by atoms with Gasteiger partial charge in [-0.25, -0.2) is 4.79 Å². The van der Waals surface area contributed by atoms with Crippen molar-refractivity contribution in [2.75, 3.05) is 5.32 Å².